The number of hydrogen-bond acceptors (Lipinski definition) is 12. The summed E-state index contributed by atoms with van der Waals surface area (Å²) >= 11 is 0. The van der Waals surface area contributed by atoms with Crippen LogP contribution in [-0.4, -0.2) is 74.9 Å². The maximum atomic E-state index is 4.54. The Morgan fingerprint density at radius 3 is 0.918 bits per heavy atom. The van der Waals surface area contributed by atoms with E-state index in [-0.39, 0.29) is 63.8 Å². The second kappa shape index (κ2) is 25.6. The molecule has 6 heterocycles. The average Bonchev–Trinajstić information content (AvgIpc) is 4.06. The number of hydrogen-bond donors (Lipinski definition) is 0. The molecule has 0 amide bonds. The summed E-state index contributed by atoms with van der Waals surface area (Å²) in [5.74, 6) is 2.11. The van der Waals surface area contributed by atoms with Crippen molar-refractivity contribution in [3.8, 4) is 17.5 Å². The largest absolute Gasteiger partial charge is 1.00 e. The van der Waals surface area contributed by atoms with Crippen molar-refractivity contribution < 1.29 is 63.8 Å². The van der Waals surface area contributed by atoms with Gasteiger partial charge in [0, 0.05) is 0 Å². The molecule has 0 N–H and O–H groups in total. The molecular formula is C42H45Cl2N15Ru2. The zero-order valence-electron chi connectivity index (χ0n) is 33.9. The van der Waals surface area contributed by atoms with E-state index in [0.717, 1.165) is 108 Å². The van der Waals surface area contributed by atoms with Crippen LogP contribution in [0.3, 0.4) is 0 Å². The van der Waals surface area contributed by atoms with Crippen LogP contribution in [0, 0.1) is 0 Å². The Labute approximate surface area is 392 Å². The molecule has 19 heteroatoms. The van der Waals surface area contributed by atoms with Gasteiger partial charge in [0.1, 0.15) is 0 Å². The summed E-state index contributed by atoms with van der Waals surface area (Å²) in [7, 11) is 0. The van der Waals surface area contributed by atoms with Gasteiger partial charge in [0.15, 0.2) is 17.5 Å². The van der Waals surface area contributed by atoms with E-state index in [1.54, 1.807) is 32.6 Å². The molecule has 0 fully saturated rings. The van der Waals surface area contributed by atoms with Crippen LogP contribution in [0.25, 0.3) is 50.6 Å². The maximum Gasteiger partial charge on any atom is 1.00 e. The first-order chi connectivity index (χ1) is 28.1. The summed E-state index contributed by atoms with van der Waals surface area (Å²) in [6.45, 7) is 6.50. The molecule has 0 bridgehead atoms. The van der Waals surface area contributed by atoms with Crippen LogP contribution in [0.2, 0.25) is 0 Å². The maximum absolute atomic E-state index is 4.54. The topological polar surface area (TPSA) is 169 Å². The molecule has 318 valence electrons. The molecule has 0 aliphatic carbocycles. The van der Waals surface area contributed by atoms with Crippen LogP contribution in [0.4, 0.5) is 0 Å². The minimum absolute atomic E-state index is 0. The SMILES string of the molecule is CCCCc1cn(-c2cnc3ccccc3n2)nn1.CCCCc1cn(-c2cnc3ccccc3n2)nn1.CCCCc1cn(-c2cnc3ccccc3n2)nn1.[Cl-].[Cl-].[Ru+].[Ru+]. The van der Waals surface area contributed by atoms with Crippen molar-refractivity contribution in [2.75, 3.05) is 0 Å². The van der Waals surface area contributed by atoms with Crippen molar-refractivity contribution in [2.45, 2.75) is 78.6 Å². The molecule has 0 aliphatic rings. The Bertz CT molecular complexity index is 2380. The fourth-order valence-electron chi connectivity index (χ4n) is 5.82. The van der Waals surface area contributed by atoms with Gasteiger partial charge in [0.25, 0.3) is 0 Å². The van der Waals surface area contributed by atoms with Gasteiger partial charge in [-0.25, -0.2) is 29.0 Å². The second-order valence-electron chi connectivity index (χ2n) is 13.4. The number of unbranched alkanes of at least 4 members (excludes halogenated alkanes) is 3. The second-order valence-corrected chi connectivity index (χ2v) is 13.4. The molecule has 0 saturated heterocycles. The number of rotatable bonds is 12. The summed E-state index contributed by atoms with van der Waals surface area (Å²) in [5, 5.41) is 24.8. The number of fused-ring (bicyclic) bond motifs is 3. The zero-order chi connectivity index (χ0) is 39.2. The van der Waals surface area contributed by atoms with E-state index in [9.17, 15) is 0 Å². The van der Waals surface area contributed by atoms with Gasteiger partial charge in [-0.05, 0) is 74.9 Å². The normalized spacial score (nSPS) is 10.3. The molecule has 2 radical (unpaired) electrons. The molecule has 3 aromatic carbocycles. The molecule has 6 aromatic heterocycles. The Kier molecular flexibility index (Phi) is 21.1. The summed E-state index contributed by atoms with van der Waals surface area (Å²) in [6, 6.07) is 23.4. The van der Waals surface area contributed by atoms with Crippen molar-refractivity contribution in [2.24, 2.45) is 0 Å². The number of aromatic nitrogens is 15. The van der Waals surface area contributed by atoms with Gasteiger partial charge in [-0.1, -0.05) is 92.1 Å². The fraction of sp³-hybridized carbons (Fsp3) is 0.286. The third-order valence-corrected chi connectivity index (χ3v) is 8.99. The van der Waals surface area contributed by atoms with Gasteiger partial charge >= 0.3 is 39.0 Å². The number of benzene rings is 3. The number of aryl methyl sites for hydroxylation is 3. The zero-order valence-corrected chi connectivity index (χ0v) is 38.9. The van der Waals surface area contributed by atoms with Crippen LogP contribution in [-0.2, 0) is 58.2 Å². The van der Waals surface area contributed by atoms with Crippen molar-refractivity contribution in [3.05, 3.63) is 127 Å². The van der Waals surface area contributed by atoms with Gasteiger partial charge in [0.05, 0.1) is 87.4 Å². The number of nitrogens with zero attached hydrogens (tertiary/aromatic N) is 15. The summed E-state index contributed by atoms with van der Waals surface area (Å²) in [6.07, 6.45) is 20.7. The monoisotopic (exact) mass is 1030 g/mol. The average molecular weight is 1030 g/mol. The smallest absolute Gasteiger partial charge is 1.00 e. The first kappa shape index (κ1) is 50.3. The van der Waals surface area contributed by atoms with Crippen LogP contribution >= 0.6 is 0 Å². The molecule has 0 unspecified atom stereocenters. The Morgan fingerprint density at radius 1 is 0.393 bits per heavy atom. The van der Waals surface area contributed by atoms with Gasteiger partial charge in [-0.15, -0.1) is 15.3 Å². The van der Waals surface area contributed by atoms with E-state index >= 15 is 0 Å². The predicted molar refractivity (Wildman–Crippen MR) is 219 cm³/mol. The minimum Gasteiger partial charge on any atom is -1.00 e. The minimum atomic E-state index is 0. The van der Waals surface area contributed by atoms with Crippen molar-refractivity contribution in [3.63, 3.8) is 0 Å². The molecule has 61 heavy (non-hydrogen) atoms. The van der Waals surface area contributed by atoms with Gasteiger partial charge in [-0.3, -0.25) is 15.0 Å². The quantitative estimate of drug-likeness (QED) is 0.163. The van der Waals surface area contributed by atoms with Gasteiger partial charge in [0.2, 0.25) is 0 Å². The standard InChI is InChI=1S/3C14H15N5.2ClH.2Ru/c3*1-2-3-6-11-10-19(18-17-11)14-9-15-12-7-4-5-8-13(12)16-14;;;;/h3*4-5,7-10H,2-3,6H2,1H3;2*1H;;/q;;;;;2*+1/p-2. The van der Waals surface area contributed by atoms with E-state index < -0.39 is 0 Å². The number of para-hydroxylation sites is 6. The Hall–Kier alpha value is -5.07. The van der Waals surface area contributed by atoms with Crippen molar-refractivity contribution in [1.29, 1.82) is 0 Å². The Morgan fingerprint density at radius 2 is 0.656 bits per heavy atom. The molecule has 0 atom stereocenters. The molecule has 0 spiro atoms. The van der Waals surface area contributed by atoms with E-state index in [1.807, 2.05) is 91.4 Å². The van der Waals surface area contributed by atoms with Crippen LogP contribution in [0.15, 0.2) is 110 Å². The molecule has 15 nitrogen and oxygen atoms in total. The molecular weight excluding hydrogens is 988 g/mol. The van der Waals surface area contributed by atoms with Gasteiger partial charge < -0.3 is 24.8 Å². The van der Waals surface area contributed by atoms with Crippen LogP contribution in [0.1, 0.15) is 76.4 Å². The van der Waals surface area contributed by atoms with E-state index in [2.05, 4.69) is 81.6 Å². The predicted octanol–water partition coefficient (Wildman–Crippen LogP) is 1.66. The van der Waals surface area contributed by atoms with E-state index in [1.165, 1.54) is 0 Å². The van der Waals surface area contributed by atoms with Crippen LogP contribution < -0.4 is 24.8 Å². The third-order valence-electron chi connectivity index (χ3n) is 8.99. The molecule has 9 aromatic rings. The third kappa shape index (κ3) is 13.7. The molecule has 0 aliphatic heterocycles. The summed E-state index contributed by atoms with van der Waals surface area (Å²) < 4.78 is 5.05. The summed E-state index contributed by atoms with van der Waals surface area (Å²) in [4.78, 5) is 26.7. The van der Waals surface area contributed by atoms with Crippen LogP contribution in [0.5, 0.6) is 0 Å². The first-order valence-corrected chi connectivity index (χ1v) is 19.5. The fourth-order valence-corrected chi connectivity index (χ4v) is 5.82. The van der Waals surface area contributed by atoms with Crippen molar-refractivity contribution >= 4 is 33.1 Å². The van der Waals surface area contributed by atoms with E-state index in [4.69, 9.17) is 0 Å². The molecule has 0 saturated carbocycles. The molecule has 9 rings (SSSR count). The Balaban J connectivity index is 0.000000236. The summed E-state index contributed by atoms with van der Waals surface area (Å²) in [5.41, 5.74) is 8.25. The first-order valence-electron chi connectivity index (χ1n) is 19.5. The van der Waals surface area contributed by atoms with Gasteiger partial charge in [-0.2, -0.15) is 0 Å². The number of halogens is 2. The van der Waals surface area contributed by atoms with Crippen molar-refractivity contribution in [1.82, 2.24) is 74.9 Å². The van der Waals surface area contributed by atoms with E-state index in [0.29, 0.717) is 17.5 Å².